The van der Waals surface area contributed by atoms with Gasteiger partial charge in [-0.1, -0.05) is 54.6 Å². The highest BCUT2D eigenvalue weighted by atomic mass is 16.5. The molecular weight excluding hydrogens is 468 g/mol. The van der Waals surface area contributed by atoms with Crippen molar-refractivity contribution >= 4 is 11.2 Å². The summed E-state index contributed by atoms with van der Waals surface area (Å²) in [5, 5.41) is 9.73. The van der Waals surface area contributed by atoms with Crippen LogP contribution < -0.4 is 9.47 Å². The highest BCUT2D eigenvalue weighted by Crippen LogP contribution is 2.42. The molecule has 0 unspecified atom stereocenters. The summed E-state index contributed by atoms with van der Waals surface area (Å²) >= 11 is 0. The summed E-state index contributed by atoms with van der Waals surface area (Å²) in [6.45, 7) is 0.447. The van der Waals surface area contributed by atoms with E-state index >= 15 is 0 Å². The molecule has 0 saturated heterocycles. The van der Waals surface area contributed by atoms with Gasteiger partial charge in [0.05, 0.1) is 27.0 Å². The first kappa shape index (κ1) is 24.4. The molecule has 0 atom stereocenters. The molecule has 0 aliphatic rings. The summed E-state index contributed by atoms with van der Waals surface area (Å²) < 4.78 is 19.7. The Kier molecular flexibility index (Phi) is 7.11. The molecule has 1 N–H and O–H groups in total. The number of nitrogens with zero attached hydrogens (tertiary/aromatic N) is 4. The zero-order valence-electron chi connectivity index (χ0n) is 20.7. The fourth-order valence-electron chi connectivity index (χ4n) is 4.62. The van der Waals surface area contributed by atoms with Crippen LogP contribution >= 0.6 is 0 Å². The predicted octanol–water partition coefficient (Wildman–Crippen LogP) is 4.34. The molecule has 2 aromatic heterocycles. The predicted molar refractivity (Wildman–Crippen MR) is 140 cm³/mol. The number of ether oxygens (including phenoxy) is 3. The lowest BCUT2D eigenvalue weighted by Gasteiger charge is -2.36. The van der Waals surface area contributed by atoms with Crippen molar-refractivity contribution in [3.8, 4) is 11.5 Å². The summed E-state index contributed by atoms with van der Waals surface area (Å²) in [5.41, 5.74) is 3.13. The van der Waals surface area contributed by atoms with Gasteiger partial charge in [-0.05, 0) is 41.0 Å². The van der Waals surface area contributed by atoms with Gasteiger partial charge in [0, 0.05) is 6.54 Å². The van der Waals surface area contributed by atoms with Crippen LogP contribution in [0.15, 0.2) is 91.4 Å². The Morgan fingerprint density at radius 2 is 1.41 bits per heavy atom. The number of aromatic nitrogens is 4. The number of rotatable bonds is 10. The van der Waals surface area contributed by atoms with Crippen LogP contribution in [0.2, 0.25) is 0 Å². The molecule has 0 radical (unpaired) electrons. The third-order valence-corrected chi connectivity index (χ3v) is 6.40. The van der Waals surface area contributed by atoms with Gasteiger partial charge >= 0.3 is 0 Å². The Morgan fingerprint density at radius 1 is 0.811 bits per heavy atom. The Bertz CT molecular complexity index is 1400. The number of imidazole rings is 1. The quantitative estimate of drug-likeness (QED) is 0.288. The smallest absolute Gasteiger partial charge is 0.163 e. The average molecular weight is 497 g/mol. The van der Waals surface area contributed by atoms with Gasteiger partial charge in [0.25, 0.3) is 0 Å². The van der Waals surface area contributed by atoms with E-state index in [9.17, 15) is 5.11 Å². The molecule has 0 bridgehead atoms. The van der Waals surface area contributed by atoms with Crippen LogP contribution in [0.3, 0.4) is 0 Å². The van der Waals surface area contributed by atoms with Gasteiger partial charge in [-0.25, -0.2) is 15.0 Å². The van der Waals surface area contributed by atoms with Crippen molar-refractivity contribution in [2.24, 2.45) is 0 Å². The van der Waals surface area contributed by atoms with E-state index in [4.69, 9.17) is 19.2 Å². The SMILES string of the molecule is COc1ccc(C(OCc2nc3cncnc3n2CCO)(c2ccccc2)c2ccc(OC)cc2)cc1. The van der Waals surface area contributed by atoms with E-state index in [2.05, 4.69) is 22.1 Å². The Morgan fingerprint density at radius 3 is 1.97 bits per heavy atom. The van der Waals surface area contributed by atoms with E-state index in [1.54, 1.807) is 20.4 Å². The van der Waals surface area contributed by atoms with E-state index in [1.165, 1.54) is 6.33 Å². The van der Waals surface area contributed by atoms with Gasteiger partial charge in [0.1, 0.15) is 41.4 Å². The lowest BCUT2D eigenvalue weighted by Crippen LogP contribution is -2.33. The van der Waals surface area contributed by atoms with Gasteiger partial charge in [0.2, 0.25) is 0 Å². The molecule has 3 aromatic carbocycles. The molecule has 0 aliphatic heterocycles. The fraction of sp³-hybridized carbons (Fsp3) is 0.207. The van der Waals surface area contributed by atoms with E-state index in [0.717, 1.165) is 28.2 Å². The second-order valence-corrected chi connectivity index (χ2v) is 8.43. The first-order valence-corrected chi connectivity index (χ1v) is 11.9. The maximum atomic E-state index is 9.73. The van der Waals surface area contributed by atoms with Gasteiger partial charge in [0.15, 0.2) is 5.65 Å². The van der Waals surface area contributed by atoms with Gasteiger partial charge in [-0.2, -0.15) is 0 Å². The van der Waals surface area contributed by atoms with Crippen molar-refractivity contribution in [1.82, 2.24) is 19.5 Å². The molecule has 0 saturated carbocycles. The standard InChI is InChI=1S/C29H28N4O4/c1-35-24-12-8-22(9-13-24)29(21-6-4-3-5-7-21,23-10-14-25(36-2)15-11-23)37-19-27-32-26-18-30-20-31-28(26)33(27)16-17-34/h3-15,18,20,34H,16-17,19H2,1-2H3. The highest BCUT2D eigenvalue weighted by molar-refractivity contribution is 5.70. The minimum Gasteiger partial charge on any atom is -0.497 e. The zero-order valence-corrected chi connectivity index (χ0v) is 20.7. The van der Waals surface area contributed by atoms with Crippen LogP contribution in [0.4, 0.5) is 0 Å². The van der Waals surface area contributed by atoms with Crippen LogP contribution in [-0.2, 0) is 23.5 Å². The van der Waals surface area contributed by atoms with Crippen molar-refractivity contribution < 1.29 is 19.3 Å². The largest absolute Gasteiger partial charge is 0.497 e. The van der Waals surface area contributed by atoms with Crippen molar-refractivity contribution in [2.45, 2.75) is 18.8 Å². The third kappa shape index (κ3) is 4.64. The fourth-order valence-corrected chi connectivity index (χ4v) is 4.62. The van der Waals surface area contributed by atoms with Crippen LogP contribution in [-0.4, -0.2) is 45.5 Å². The maximum absolute atomic E-state index is 9.73. The maximum Gasteiger partial charge on any atom is 0.163 e. The number of hydrogen-bond acceptors (Lipinski definition) is 7. The highest BCUT2D eigenvalue weighted by Gasteiger charge is 2.38. The summed E-state index contributed by atoms with van der Waals surface area (Å²) in [5.74, 6) is 2.15. The summed E-state index contributed by atoms with van der Waals surface area (Å²) in [4.78, 5) is 13.2. The molecule has 0 fully saturated rings. The number of methoxy groups -OCH3 is 2. The van der Waals surface area contributed by atoms with Gasteiger partial charge in [-0.3, -0.25) is 0 Å². The number of aliphatic hydroxyl groups is 1. The minimum absolute atomic E-state index is 0.0523. The van der Waals surface area contributed by atoms with Crippen molar-refractivity contribution in [1.29, 1.82) is 0 Å². The third-order valence-electron chi connectivity index (χ3n) is 6.40. The van der Waals surface area contributed by atoms with E-state index in [-0.39, 0.29) is 13.2 Å². The summed E-state index contributed by atoms with van der Waals surface area (Å²) in [7, 11) is 3.29. The molecule has 8 nitrogen and oxygen atoms in total. The number of aliphatic hydroxyl groups excluding tert-OH is 1. The lowest BCUT2D eigenvalue weighted by atomic mass is 9.80. The van der Waals surface area contributed by atoms with Crippen LogP contribution in [0, 0.1) is 0 Å². The van der Waals surface area contributed by atoms with Crippen molar-refractivity contribution in [2.75, 3.05) is 20.8 Å². The Balaban J connectivity index is 1.68. The van der Waals surface area contributed by atoms with Crippen LogP contribution in [0.1, 0.15) is 22.5 Å². The van der Waals surface area contributed by atoms with Crippen LogP contribution in [0.25, 0.3) is 11.2 Å². The van der Waals surface area contributed by atoms with E-state index in [1.807, 2.05) is 71.3 Å². The van der Waals surface area contributed by atoms with E-state index in [0.29, 0.717) is 23.5 Å². The molecule has 8 heteroatoms. The summed E-state index contributed by atoms with van der Waals surface area (Å²) in [6, 6.07) is 25.8. The molecule has 2 heterocycles. The Labute approximate surface area is 215 Å². The molecular formula is C29H28N4O4. The van der Waals surface area contributed by atoms with E-state index < -0.39 is 5.60 Å². The molecule has 37 heavy (non-hydrogen) atoms. The molecule has 0 amide bonds. The summed E-state index contributed by atoms with van der Waals surface area (Å²) in [6.07, 6.45) is 3.14. The zero-order chi connectivity index (χ0) is 25.7. The van der Waals surface area contributed by atoms with Crippen molar-refractivity contribution in [3.05, 3.63) is 114 Å². The lowest BCUT2D eigenvalue weighted by molar-refractivity contribution is -0.00458. The number of benzene rings is 3. The van der Waals surface area contributed by atoms with Crippen molar-refractivity contribution in [3.63, 3.8) is 0 Å². The second-order valence-electron chi connectivity index (χ2n) is 8.43. The molecule has 0 aliphatic carbocycles. The molecule has 188 valence electrons. The van der Waals surface area contributed by atoms with Gasteiger partial charge in [-0.15, -0.1) is 0 Å². The average Bonchev–Trinajstić information content (AvgIpc) is 3.32. The molecule has 5 aromatic rings. The first-order valence-electron chi connectivity index (χ1n) is 11.9. The molecule has 5 rings (SSSR count). The van der Waals surface area contributed by atoms with Gasteiger partial charge < -0.3 is 23.9 Å². The van der Waals surface area contributed by atoms with Crippen LogP contribution in [0.5, 0.6) is 11.5 Å². The number of fused-ring (bicyclic) bond motifs is 1. The monoisotopic (exact) mass is 496 g/mol. The topological polar surface area (TPSA) is 91.5 Å². The first-order chi connectivity index (χ1) is 18.2. The number of hydrogen-bond donors (Lipinski definition) is 1. The minimum atomic E-state index is -0.979. The second kappa shape index (κ2) is 10.8. The molecule has 0 spiro atoms. The Hall–Kier alpha value is -4.27. The normalized spacial score (nSPS) is 11.5.